The summed E-state index contributed by atoms with van der Waals surface area (Å²) in [6.07, 6.45) is 1.85. The van der Waals surface area contributed by atoms with Crippen molar-refractivity contribution in [2.75, 3.05) is 27.0 Å². The van der Waals surface area contributed by atoms with Crippen molar-refractivity contribution in [3.05, 3.63) is 30.1 Å². The number of nitrogens with zero attached hydrogens (tertiary/aromatic N) is 1. The van der Waals surface area contributed by atoms with Gasteiger partial charge in [0.25, 0.3) is 5.91 Å². The van der Waals surface area contributed by atoms with Gasteiger partial charge in [0.05, 0.1) is 14.2 Å². The van der Waals surface area contributed by atoms with Crippen molar-refractivity contribution in [1.29, 1.82) is 0 Å². The van der Waals surface area contributed by atoms with Crippen LogP contribution in [-0.2, 0) is 7.05 Å². The summed E-state index contributed by atoms with van der Waals surface area (Å²) in [4.78, 5) is 11.8. The zero-order valence-electron chi connectivity index (χ0n) is 12.6. The van der Waals surface area contributed by atoms with Crippen molar-refractivity contribution in [3.63, 3.8) is 0 Å². The Morgan fingerprint density at radius 2 is 1.95 bits per heavy atom. The van der Waals surface area contributed by atoms with E-state index in [4.69, 9.17) is 15.2 Å². The van der Waals surface area contributed by atoms with Crippen molar-refractivity contribution in [3.8, 4) is 22.6 Å². The van der Waals surface area contributed by atoms with E-state index in [2.05, 4.69) is 5.32 Å². The highest BCUT2D eigenvalue weighted by Gasteiger charge is 2.17. The Balaban J connectivity index is 2.61. The number of nitrogens with one attached hydrogen (secondary N) is 1. The van der Waals surface area contributed by atoms with Gasteiger partial charge in [-0.3, -0.25) is 4.79 Å². The summed E-state index contributed by atoms with van der Waals surface area (Å²) in [5, 5.41) is 2.61. The number of nitrogens with two attached hydrogens (primary N) is 1. The smallest absolute Gasteiger partial charge is 0.267 e. The number of rotatable bonds is 4. The molecule has 0 unspecified atom stereocenters. The van der Waals surface area contributed by atoms with Crippen LogP contribution in [-0.4, -0.2) is 31.7 Å². The number of methoxy groups -OCH3 is 2. The first-order valence-electron chi connectivity index (χ1n) is 6.42. The SMILES string of the molecule is CNC(=O)c1cc(-c2cc(N)cc(OC)c2OC)cn1C. The molecule has 2 rings (SSSR count). The third kappa shape index (κ3) is 2.65. The molecular weight excluding hydrogens is 270 g/mol. The van der Waals surface area contributed by atoms with Gasteiger partial charge in [0.15, 0.2) is 11.5 Å². The van der Waals surface area contributed by atoms with Crippen molar-refractivity contribution in [2.45, 2.75) is 0 Å². The van der Waals surface area contributed by atoms with Crippen LogP contribution in [0.2, 0.25) is 0 Å². The van der Waals surface area contributed by atoms with Crippen molar-refractivity contribution < 1.29 is 14.3 Å². The molecule has 2 aromatic rings. The fraction of sp³-hybridized carbons (Fsp3) is 0.267. The van der Waals surface area contributed by atoms with Gasteiger partial charge in [-0.15, -0.1) is 0 Å². The normalized spacial score (nSPS) is 10.3. The molecule has 1 heterocycles. The maximum atomic E-state index is 11.8. The maximum absolute atomic E-state index is 11.8. The van der Waals surface area contributed by atoms with Crippen LogP contribution < -0.4 is 20.5 Å². The minimum absolute atomic E-state index is 0.154. The van der Waals surface area contributed by atoms with Crippen molar-refractivity contribution in [2.24, 2.45) is 7.05 Å². The molecule has 0 aliphatic carbocycles. The Hall–Kier alpha value is -2.63. The first-order chi connectivity index (χ1) is 10.0. The van der Waals surface area contributed by atoms with Gasteiger partial charge in [-0.1, -0.05) is 0 Å². The van der Waals surface area contributed by atoms with E-state index in [9.17, 15) is 4.79 Å². The van der Waals surface area contributed by atoms with Gasteiger partial charge in [-0.05, 0) is 12.1 Å². The number of hydrogen-bond acceptors (Lipinski definition) is 4. The first-order valence-corrected chi connectivity index (χ1v) is 6.42. The summed E-state index contributed by atoms with van der Waals surface area (Å²) in [6, 6.07) is 5.28. The third-order valence-electron chi connectivity index (χ3n) is 3.28. The van der Waals surface area contributed by atoms with E-state index in [-0.39, 0.29) is 5.91 Å². The van der Waals surface area contributed by atoms with E-state index < -0.39 is 0 Å². The van der Waals surface area contributed by atoms with Gasteiger partial charge < -0.3 is 25.1 Å². The highest BCUT2D eigenvalue weighted by Crippen LogP contribution is 2.40. The van der Waals surface area contributed by atoms with Crippen LogP contribution in [0.5, 0.6) is 11.5 Å². The molecule has 1 aromatic heterocycles. The molecule has 0 fully saturated rings. The quantitative estimate of drug-likeness (QED) is 0.839. The van der Waals surface area contributed by atoms with Crippen LogP contribution in [0, 0.1) is 0 Å². The summed E-state index contributed by atoms with van der Waals surface area (Å²) in [7, 11) is 6.53. The average Bonchev–Trinajstić information content (AvgIpc) is 2.87. The van der Waals surface area contributed by atoms with E-state index in [1.807, 2.05) is 13.2 Å². The number of carbonyl (C=O) groups is 1. The number of carbonyl (C=O) groups excluding carboxylic acids is 1. The molecule has 0 aliphatic rings. The fourth-order valence-corrected chi connectivity index (χ4v) is 2.27. The molecule has 3 N–H and O–H groups in total. The summed E-state index contributed by atoms with van der Waals surface area (Å²) in [5.74, 6) is 0.984. The predicted octanol–water partition coefficient (Wildman–Crippen LogP) is 1.65. The van der Waals surface area contributed by atoms with Crippen LogP contribution >= 0.6 is 0 Å². The topological polar surface area (TPSA) is 78.5 Å². The number of nitrogen functional groups attached to an aromatic ring is 1. The Morgan fingerprint density at radius 1 is 1.24 bits per heavy atom. The second-order valence-corrected chi connectivity index (χ2v) is 4.61. The van der Waals surface area contributed by atoms with Crippen LogP contribution in [0.3, 0.4) is 0 Å². The number of amides is 1. The molecule has 1 aromatic carbocycles. The zero-order valence-corrected chi connectivity index (χ0v) is 12.6. The molecule has 0 saturated heterocycles. The second kappa shape index (κ2) is 5.78. The van der Waals surface area contributed by atoms with Gasteiger partial charge in [-0.25, -0.2) is 0 Å². The molecule has 0 bridgehead atoms. The fourth-order valence-electron chi connectivity index (χ4n) is 2.27. The average molecular weight is 289 g/mol. The molecular formula is C15H19N3O3. The lowest BCUT2D eigenvalue weighted by Crippen LogP contribution is -2.20. The van der Waals surface area contributed by atoms with Crippen LogP contribution in [0.15, 0.2) is 24.4 Å². The second-order valence-electron chi connectivity index (χ2n) is 4.61. The zero-order chi connectivity index (χ0) is 15.6. The maximum Gasteiger partial charge on any atom is 0.267 e. The van der Waals surface area contributed by atoms with E-state index in [0.29, 0.717) is 22.9 Å². The molecule has 0 spiro atoms. The van der Waals surface area contributed by atoms with E-state index in [1.165, 1.54) is 0 Å². The molecule has 0 saturated carbocycles. The van der Waals surface area contributed by atoms with E-state index in [1.54, 1.807) is 44.0 Å². The molecule has 6 nitrogen and oxygen atoms in total. The lowest BCUT2D eigenvalue weighted by atomic mass is 10.1. The Labute approximate surface area is 123 Å². The van der Waals surface area contributed by atoms with Gasteiger partial charge in [0.2, 0.25) is 0 Å². The number of ether oxygens (including phenoxy) is 2. The summed E-state index contributed by atoms with van der Waals surface area (Å²) in [5.41, 5.74) is 8.63. The monoisotopic (exact) mass is 289 g/mol. The van der Waals surface area contributed by atoms with Gasteiger partial charge >= 0.3 is 0 Å². The lowest BCUT2D eigenvalue weighted by molar-refractivity contribution is 0.0955. The predicted molar refractivity (Wildman–Crippen MR) is 81.8 cm³/mol. The van der Waals surface area contributed by atoms with Crippen molar-refractivity contribution in [1.82, 2.24) is 9.88 Å². The molecule has 0 atom stereocenters. The molecule has 1 amide bonds. The number of anilines is 1. The van der Waals surface area contributed by atoms with Gasteiger partial charge in [0.1, 0.15) is 5.69 Å². The standard InChI is InChI=1S/C15H19N3O3/c1-17-15(19)12-5-9(8-18(12)2)11-6-10(16)7-13(20-3)14(11)21-4/h5-8H,16H2,1-4H3,(H,17,19). The lowest BCUT2D eigenvalue weighted by Gasteiger charge is -2.13. The van der Waals surface area contributed by atoms with Crippen LogP contribution in [0.25, 0.3) is 11.1 Å². The number of aryl methyl sites for hydroxylation is 1. The minimum Gasteiger partial charge on any atom is -0.493 e. The van der Waals surface area contributed by atoms with E-state index >= 15 is 0 Å². The minimum atomic E-state index is -0.154. The van der Waals surface area contributed by atoms with Crippen LogP contribution in [0.1, 0.15) is 10.5 Å². The summed E-state index contributed by atoms with van der Waals surface area (Å²) < 4.78 is 12.5. The molecule has 0 aliphatic heterocycles. The molecule has 0 radical (unpaired) electrons. The number of hydrogen-bond donors (Lipinski definition) is 2. The number of aromatic nitrogens is 1. The number of benzene rings is 1. The highest BCUT2D eigenvalue weighted by atomic mass is 16.5. The van der Waals surface area contributed by atoms with Gasteiger partial charge in [0, 0.05) is 43.2 Å². The first kappa shape index (κ1) is 14.8. The Kier molecular flexibility index (Phi) is 4.07. The Morgan fingerprint density at radius 3 is 2.52 bits per heavy atom. The Bertz CT molecular complexity index is 677. The summed E-state index contributed by atoms with van der Waals surface area (Å²) >= 11 is 0. The molecule has 6 heteroatoms. The van der Waals surface area contributed by atoms with Crippen LogP contribution in [0.4, 0.5) is 5.69 Å². The van der Waals surface area contributed by atoms with Crippen molar-refractivity contribution >= 4 is 11.6 Å². The third-order valence-corrected chi connectivity index (χ3v) is 3.28. The molecule has 112 valence electrons. The van der Waals surface area contributed by atoms with Gasteiger partial charge in [-0.2, -0.15) is 0 Å². The van der Waals surface area contributed by atoms with E-state index in [0.717, 1.165) is 11.1 Å². The largest absolute Gasteiger partial charge is 0.493 e. The highest BCUT2D eigenvalue weighted by molar-refractivity contribution is 5.94. The molecule has 21 heavy (non-hydrogen) atoms. The summed E-state index contributed by atoms with van der Waals surface area (Å²) in [6.45, 7) is 0.